The van der Waals surface area contributed by atoms with Gasteiger partial charge in [-0.05, 0) is 56.2 Å². The SMILES string of the molecule is COc1ccc(CCO[C@@H]2CCCC[C@@H]2N2CCC(OC(=O)CCCCCC(=O)N(C)CCS(=O)(=O)O)C2)cc1OC. The molecular formula is C30H48N2O9S. The summed E-state index contributed by atoms with van der Waals surface area (Å²) in [6.07, 6.45) is 8.68. The highest BCUT2D eigenvalue weighted by molar-refractivity contribution is 7.85. The molecule has 1 saturated carbocycles. The van der Waals surface area contributed by atoms with Crippen LogP contribution < -0.4 is 9.47 Å². The Morgan fingerprint density at radius 1 is 1.02 bits per heavy atom. The van der Waals surface area contributed by atoms with Crippen molar-refractivity contribution in [3.05, 3.63) is 23.8 Å². The molecule has 0 bridgehead atoms. The predicted octanol–water partition coefficient (Wildman–Crippen LogP) is 3.49. The molecule has 1 heterocycles. The smallest absolute Gasteiger partial charge is 0.306 e. The summed E-state index contributed by atoms with van der Waals surface area (Å²) in [7, 11) is 0.685. The number of carbonyl (C=O) groups excluding carboxylic acids is 2. The van der Waals surface area contributed by atoms with Gasteiger partial charge in [0.1, 0.15) is 6.10 Å². The standard InChI is InChI=1S/C30H48N2O9S/c1-31(18-20-42(35,36)37)29(33)11-5-4-6-12-30(34)41-24-15-17-32(22-24)25-9-7-8-10-26(25)40-19-16-23-13-14-27(38-2)28(21-23)39-3/h13-14,21,24-26H,4-12,15-20,22H2,1-3H3,(H,35,36,37)/t24?,25-,26+/m0/s1. The fourth-order valence-electron chi connectivity index (χ4n) is 5.74. The van der Waals surface area contributed by atoms with Crippen LogP contribution in [0.15, 0.2) is 18.2 Å². The molecule has 3 rings (SSSR count). The van der Waals surface area contributed by atoms with Gasteiger partial charge in [-0.15, -0.1) is 0 Å². The first-order valence-corrected chi connectivity index (χ1v) is 16.7. The van der Waals surface area contributed by atoms with Crippen LogP contribution in [0.25, 0.3) is 0 Å². The summed E-state index contributed by atoms with van der Waals surface area (Å²) < 4.78 is 53.4. The minimum Gasteiger partial charge on any atom is -0.493 e. The second kappa shape index (κ2) is 17.0. The van der Waals surface area contributed by atoms with Gasteiger partial charge in [0, 0.05) is 45.6 Å². The number of ether oxygens (including phenoxy) is 4. The third kappa shape index (κ3) is 11.3. The number of hydrogen-bond donors (Lipinski definition) is 1. The van der Waals surface area contributed by atoms with Gasteiger partial charge in [-0.1, -0.05) is 25.3 Å². The maximum Gasteiger partial charge on any atom is 0.306 e. The van der Waals surface area contributed by atoms with Crippen molar-refractivity contribution in [1.29, 1.82) is 0 Å². The molecule has 1 aromatic rings. The zero-order valence-corrected chi connectivity index (χ0v) is 26.1. The van der Waals surface area contributed by atoms with E-state index in [-0.39, 0.29) is 37.0 Å². The molecule has 2 fully saturated rings. The van der Waals surface area contributed by atoms with Crippen molar-refractivity contribution < 1.29 is 41.5 Å². The third-order valence-corrected chi connectivity index (χ3v) is 8.86. The van der Waals surface area contributed by atoms with Crippen LogP contribution >= 0.6 is 0 Å². The predicted molar refractivity (Wildman–Crippen MR) is 158 cm³/mol. The summed E-state index contributed by atoms with van der Waals surface area (Å²) in [6.45, 7) is 2.21. The lowest BCUT2D eigenvalue weighted by Crippen LogP contribution is -2.46. The Kier molecular flexibility index (Phi) is 13.8. The number of amides is 1. The second-order valence-electron chi connectivity index (χ2n) is 11.3. The number of likely N-dealkylation sites (tertiary alicyclic amines) is 1. The molecule has 0 radical (unpaired) electrons. The van der Waals surface area contributed by atoms with E-state index in [0.29, 0.717) is 44.1 Å². The van der Waals surface area contributed by atoms with Gasteiger partial charge in [-0.25, -0.2) is 0 Å². The topological polar surface area (TPSA) is 132 Å². The van der Waals surface area contributed by atoms with Gasteiger partial charge >= 0.3 is 5.97 Å². The maximum absolute atomic E-state index is 12.5. The van der Waals surface area contributed by atoms with Crippen LogP contribution in [0.1, 0.15) is 69.8 Å². The van der Waals surface area contributed by atoms with E-state index in [4.69, 9.17) is 23.5 Å². The summed E-state index contributed by atoms with van der Waals surface area (Å²) in [5, 5.41) is 0. The van der Waals surface area contributed by atoms with Crippen molar-refractivity contribution in [2.24, 2.45) is 0 Å². The van der Waals surface area contributed by atoms with Crippen LogP contribution in [-0.2, 0) is 35.6 Å². The summed E-state index contributed by atoms with van der Waals surface area (Å²) in [5.74, 6) is 0.572. The average molecular weight is 613 g/mol. The van der Waals surface area contributed by atoms with E-state index in [1.807, 2.05) is 18.2 Å². The molecule has 2 aliphatic rings. The Hall–Kier alpha value is -2.41. The van der Waals surface area contributed by atoms with Crippen LogP contribution in [0, 0.1) is 0 Å². The highest BCUT2D eigenvalue weighted by Gasteiger charge is 2.36. The van der Waals surface area contributed by atoms with Crippen LogP contribution in [0.2, 0.25) is 0 Å². The third-order valence-electron chi connectivity index (χ3n) is 8.16. The lowest BCUT2D eigenvalue weighted by molar-refractivity contribution is -0.148. The number of rotatable bonds is 17. The van der Waals surface area contributed by atoms with Gasteiger partial charge in [-0.2, -0.15) is 8.42 Å². The first-order chi connectivity index (χ1) is 20.1. The minimum absolute atomic E-state index is 0.0462. The van der Waals surface area contributed by atoms with Crippen molar-refractivity contribution >= 4 is 22.0 Å². The number of esters is 1. The molecule has 238 valence electrons. The van der Waals surface area contributed by atoms with Crippen LogP contribution in [0.3, 0.4) is 0 Å². The van der Waals surface area contributed by atoms with E-state index in [1.54, 1.807) is 14.2 Å². The number of carbonyl (C=O) groups is 2. The highest BCUT2D eigenvalue weighted by atomic mass is 32.2. The molecule has 0 aromatic heterocycles. The largest absolute Gasteiger partial charge is 0.493 e. The molecule has 1 aliphatic heterocycles. The molecule has 42 heavy (non-hydrogen) atoms. The summed E-state index contributed by atoms with van der Waals surface area (Å²) in [4.78, 5) is 28.3. The Bertz CT molecular complexity index is 1110. The van der Waals surface area contributed by atoms with E-state index >= 15 is 0 Å². The molecule has 1 aromatic carbocycles. The minimum atomic E-state index is -4.09. The molecule has 12 heteroatoms. The van der Waals surface area contributed by atoms with Crippen molar-refractivity contribution in [3.8, 4) is 11.5 Å². The van der Waals surface area contributed by atoms with Crippen molar-refractivity contribution in [1.82, 2.24) is 9.80 Å². The van der Waals surface area contributed by atoms with Gasteiger partial charge in [0.25, 0.3) is 10.1 Å². The molecular weight excluding hydrogens is 564 g/mol. The molecule has 1 aliphatic carbocycles. The molecule has 1 saturated heterocycles. The van der Waals surface area contributed by atoms with Crippen LogP contribution in [0.5, 0.6) is 11.5 Å². The number of unbranched alkanes of at least 4 members (excludes halogenated alkanes) is 2. The first kappa shape index (κ1) is 34.1. The van der Waals surface area contributed by atoms with Crippen LogP contribution in [-0.4, -0.2) is 106 Å². The fraction of sp³-hybridized carbons (Fsp3) is 0.733. The Morgan fingerprint density at radius 2 is 1.76 bits per heavy atom. The van der Waals surface area contributed by atoms with E-state index in [9.17, 15) is 18.0 Å². The van der Waals surface area contributed by atoms with E-state index in [0.717, 1.165) is 56.5 Å². The normalized spacial score (nSPS) is 21.2. The number of benzene rings is 1. The van der Waals surface area contributed by atoms with Crippen LogP contribution in [0.4, 0.5) is 0 Å². The fourth-order valence-corrected chi connectivity index (χ4v) is 6.24. The number of methoxy groups -OCH3 is 2. The van der Waals surface area contributed by atoms with Crippen molar-refractivity contribution in [2.45, 2.75) is 88.9 Å². The van der Waals surface area contributed by atoms with E-state index < -0.39 is 15.9 Å². The molecule has 11 nitrogen and oxygen atoms in total. The molecule has 0 spiro atoms. The Labute approximate surface area is 250 Å². The average Bonchev–Trinajstić information content (AvgIpc) is 3.43. The van der Waals surface area contributed by atoms with Crippen molar-refractivity contribution in [2.75, 3.05) is 53.3 Å². The zero-order valence-electron chi connectivity index (χ0n) is 25.3. The summed E-state index contributed by atoms with van der Waals surface area (Å²) in [5.41, 5.74) is 1.14. The maximum atomic E-state index is 12.5. The molecule has 1 N–H and O–H groups in total. The summed E-state index contributed by atoms with van der Waals surface area (Å²) >= 11 is 0. The quantitative estimate of drug-likeness (QED) is 0.158. The van der Waals surface area contributed by atoms with Gasteiger partial charge in [0.15, 0.2) is 11.5 Å². The number of hydrogen-bond acceptors (Lipinski definition) is 9. The molecule has 3 atom stereocenters. The Balaban J connectivity index is 1.33. The lowest BCUT2D eigenvalue weighted by atomic mass is 9.91. The summed E-state index contributed by atoms with van der Waals surface area (Å²) in [6, 6.07) is 6.29. The molecule has 1 amide bonds. The van der Waals surface area contributed by atoms with Crippen molar-refractivity contribution in [3.63, 3.8) is 0 Å². The van der Waals surface area contributed by atoms with Gasteiger partial charge in [0.2, 0.25) is 5.91 Å². The van der Waals surface area contributed by atoms with Gasteiger partial charge < -0.3 is 23.8 Å². The highest BCUT2D eigenvalue weighted by Crippen LogP contribution is 2.30. The molecule has 1 unspecified atom stereocenters. The van der Waals surface area contributed by atoms with E-state index in [2.05, 4.69) is 4.90 Å². The monoisotopic (exact) mass is 612 g/mol. The van der Waals surface area contributed by atoms with Gasteiger partial charge in [-0.3, -0.25) is 19.0 Å². The lowest BCUT2D eigenvalue weighted by Gasteiger charge is -2.37. The number of nitrogens with zero attached hydrogens (tertiary/aromatic N) is 2. The zero-order chi connectivity index (χ0) is 30.5. The van der Waals surface area contributed by atoms with E-state index in [1.165, 1.54) is 18.4 Å². The Morgan fingerprint density at radius 3 is 2.50 bits per heavy atom. The van der Waals surface area contributed by atoms with Gasteiger partial charge in [0.05, 0.1) is 32.7 Å². The first-order valence-electron chi connectivity index (χ1n) is 15.0. The second-order valence-corrected chi connectivity index (χ2v) is 12.8.